The van der Waals surface area contributed by atoms with Crippen LogP contribution < -0.4 is 10.6 Å². The molecule has 1 aromatic carbocycles. The highest BCUT2D eigenvalue weighted by atomic mass is 79.9. The fourth-order valence-electron chi connectivity index (χ4n) is 4.01. The lowest BCUT2D eigenvalue weighted by Crippen LogP contribution is -2.48. The molecule has 21 heavy (non-hydrogen) atoms. The molecule has 1 saturated carbocycles. The molecule has 3 atom stereocenters. The number of hydrogen-bond donors (Lipinski definition) is 2. The van der Waals surface area contributed by atoms with Crippen molar-refractivity contribution in [2.75, 3.05) is 11.9 Å². The fourth-order valence-corrected chi connectivity index (χ4v) is 4.26. The lowest BCUT2D eigenvalue weighted by atomic mass is 9.77. The van der Waals surface area contributed by atoms with Crippen LogP contribution in [-0.2, 0) is 0 Å². The van der Waals surface area contributed by atoms with E-state index >= 15 is 0 Å². The second kappa shape index (κ2) is 7.15. The predicted molar refractivity (Wildman–Crippen MR) is 93.9 cm³/mol. The minimum absolute atomic E-state index is 0.634. The molecule has 2 fully saturated rings. The molecule has 2 N–H and O–H groups in total. The molecule has 3 rings (SSSR count). The van der Waals surface area contributed by atoms with Gasteiger partial charge in [0, 0.05) is 22.2 Å². The summed E-state index contributed by atoms with van der Waals surface area (Å²) in [6.07, 6.45) is 9.59. The quantitative estimate of drug-likeness (QED) is 0.812. The molecule has 0 spiro atoms. The van der Waals surface area contributed by atoms with Gasteiger partial charge in [0.15, 0.2) is 0 Å². The van der Waals surface area contributed by atoms with Gasteiger partial charge < -0.3 is 10.6 Å². The third-order valence-corrected chi connectivity index (χ3v) is 6.08. The summed E-state index contributed by atoms with van der Waals surface area (Å²) in [7, 11) is 0. The van der Waals surface area contributed by atoms with E-state index in [2.05, 4.69) is 51.7 Å². The molecule has 2 aliphatic rings. The molecule has 116 valence electrons. The van der Waals surface area contributed by atoms with E-state index in [0.717, 1.165) is 12.0 Å². The topological polar surface area (TPSA) is 24.1 Å². The van der Waals surface area contributed by atoms with Gasteiger partial charge in [-0.15, -0.1) is 0 Å². The monoisotopic (exact) mass is 350 g/mol. The number of aryl methyl sites for hydroxylation is 1. The van der Waals surface area contributed by atoms with Gasteiger partial charge in [-0.2, -0.15) is 0 Å². The largest absolute Gasteiger partial charge is 0.382 e. The molecule has 1 heterocycles. The Morgan fingerprint density at radius 3 is 2.67 bits per heavy atom. The fraction of sp³-hybridized carbons (Fsp3) is 0.667. The lowest BCUT2D eigenvalue weighted by Gasteiger charge is -2.40. The molecule has 1 aliphatic carbocycles. The van der Waals surface area contributed by atoms with E-state index in [1.807, 2.05) is 0 Å². The lowest BCUT2D eigenvalue weighted by molar-refractivity contribution is 0.217. The van der Waals surface area contributed by atoms with Crippen LogP contribution in [0.15, 0.2) is 22.7 Å². The maximum atomic E-state index is 3.84. The zero-order valence-electron chi connectivity index (χ0n) is 13.0. The van der Waals surface area contributed by atoms with Crippen LogP contribution in [0.25, 0.3) is 0 Å². The van der Waals surface area contributed by atoms with Crippen molar-refractivity contribution in [3.63, 3.8) is 0 Å². The number of halogens is 1. The van der Waals surface area contributed by atoms with Gasteiger partial charge in [-0.05, 0) is 68.8 Å². The summed E-state index contributed by atoms with van der Waals surface area (Å²) in [6.45, 7) is 3.38. The maximum Gasteiger partial charge on any atom is 0.0345 e. The van der Waals surface area contributed by atoms with Crippen LogP contribution in [0.4, 0.5) is 5.69 Å². The zero-order chi connectivity index (χ0) is 14.7. The van der Waals surface area contributed by atoms with Crippen LogP contribution in [-0.4, -0.2) is 18.6 Å². The van der Waals surface area contributed by atoms with Crippen LogP contribution in [0.1, 0.15) is 50.5 Å². The van der Waals surface area contributed by atoms with Gasteiger partial charge in [0.05, 0.1) is 0 Å². The molecular formula is C18H27BrN2. The smallest absolute Gasteiger partial charge is 0.0345 e. The Bertz CT molecular complexity index is 468. The van der Waals surface area contributed by atoms with Gasteiger partial charge in [-0.3, -0.25) is 0 Å². The van der Waals surface area contributed by atoms with Gasteiger partial charge in [0.1, 0.15) is 0 Å². The van der Waals surface area contributed by atoms with Crippen LogP contribution in [0.5, 0.6) is 0 Å². The van der Waals surface area contributed by atoms with Crippen molar-refractivity contribution in [1.82, 2.24) is 5.32 Å². The summed E-state index contributed by atoms with van der Waals surface area (Å²) in [5.41, 5.74) is 2.59. The first-order valence-corrected chi connectivity index (χ1v) is 9.29. The van der Waals surface area contributed by atoms with Gasteiger partial charge in [0.2, 0.25) is 0 Å². The van der Waals surface area contributed by atoms with E-state index in [-0.39, 0.29) is 0 Å². The number of benzene rings is 1. The normalized spacial score (nSPS) is 30.1. The standard InChI is InChI=1S/C18H27BrN2/c1-13-12-14(9-10-16(13)19)21-18-8-3-2-6-15(18)17-7-4-5-11-20-17/h9-10,12,15,17-18,20-21H,2-8,11H2,1H3. The molecule has 1 aromatic rings. The Kier molecular flexibility index (Phi) is 5.23. The summed E-state index contributed by atoms with van der Waals surface area (Å²) in [6, 6.07) is 8.00. The van der Waals surface area contributed by atoms with Gasteiger partial charge in [-0.1, -0.05) is 35.2 Å². The van der Waals surface area contributed by atoms with Crippen LogP contribution in [0.3, 0.4) is 0 Å². The summed E-state index contributed by atoms with van der Waals surface area (Å²) >= 11 is 3.59. The SMILES string of the molecule is Cc1cc(NC2CCCCC2C2CCCCN2)ccc1Br. The van der Waals surface area contributed by atoms with Crippen LogP contribution in [0, 0.1) is 12.8 Å². The number of anilines is 1. The van der Waals surface area contributed by atoms with E-state index in [0.29, 0.717) is 6.04 Å². The van der Waals surface area contributed by atoms with E-state index < -0.39 is 0 Å². The zero-order valence-corrected chi connectivity index (χ0v) is 14.6. The van der Waals surface area contributed by atoms with Crippen LogP contribution in [0.2, 0.25) is 0 Å². The number of hydrogen-bond acceptors (Lipinski definition) is 2. The highest BCUT2D eigenvalue weighted by molar-refractivity contribution is 9.10. The molecule has 0 amide bonds. The van der Waals surface area contributed by atoms with Gasteiger partial charge in [-0.25, -0.2) is 0 Å². The molecule has 1 saturated heterocycles. The Morgan fingerprint density at radius 1 is 1.10 bits per heavy atom. The predicted octanol–water partition coefficient (Wildman–Crippen LogP) is 4.87. The average Bonchev–Trinajstić information content (AvgIpc) is 2.52. The Morgan fingerprint density at radius 2 is 1.90 bits per heavy atom. The first kappa shape index (κ1) is 15.4. The third kappa shape index (κ3) is 3.81. The van der Waals surface area contributed by atoms with Crippen molar-refractivity contribution in [3.8, 4) is 0 Å². The van der Waals surface area contributed by atoms with Gasteiger partial charge >= 0.3 is 0 Å². The highest BCUT2D eigenvalue weighted by Crippen LogP contribution is 2.33. The van der Waals surface area contributed by atoms with Crippen molar-refractivity contribution in [1.29, 1.82) is 0 Å². The van der Waals surface area contributed by atoms with Crippen molar-refractivity contribution >= 4 is 21.6 Å². The second-order valence-electron chi connectivity index (χ2n) is 6.72. The maximum absolute atomic E-state index is 3.84. The van der Waals surface area contributed by atoms with E-state index in [1.165, 1.54) is 67.2 Å². The number of rotatable bonds is 3. The minimum Gasteiger partial charge on any atom is -0.382 e. The number of nitrogens with one attached hydrogen (secondary N) is 2. The van der Waals surface area contributed by atoms with Crippen molar-refractivity contribution in [3.05, 3.63) is 28.2 Å². The van der Waals surface area contributed by atoms with Crippen molar-refractivity contribution in [2.45, 2.75) is 64.0 Å². The first-order chi connectivity index (χ1) is 10.2. The second-order valence-corrected chi connectivity index (χ2v) is 7.57. The number of piperidine rings is 1. The van der Waals surface area contributed by atoms with Crippen LogP contribution >= 0.6 is 15.9 Å². The van der Waals surface area contributed by atoms with Gasteiger partial charge in [0.25, 0.3) is 0 Å². The molecule has 1 aliphatic heterocycles. The molecule has 0 aromatic heterocycles. The minimum atomic E-state index is 0.634. The van der Waals surface area contributed by atoms with Crippen molar-refractivity contribution < 1.29 is 0 Å². The first-order valence-electron chi connectivity index (χ1n) is 8.50. The Labute approximate surface area is 137 Å². The average molecular weight is 351 g/mol. The molecular weight excluding hydrogens is 324 g/mol. The molecule has 2 nitrogen and oxygen atoms in total. The molecule has 0 radical (unpaired) electrons. The summed E-state index contributed by atoms with van der Waals surface area (Å²) in [5.74, 6) is 0.794. The van der Waals surface area contributed by atoms with E-state index in [9.17, 15) is 0 Å². The Hall–Kier alpha value is -0.540. The van der Waals surface area contributed by atoms with Crippen molar-refractivity contribution in [2.24, 2.45) is 5.92 Å². The molecule has 3 unspecified atom stereocenters. The molecule has 0 bridgehead atoms. The van der Waals surface area contributed by atoms with E-state index in [4.69, 9.17) is 0 Å². The summed E-state index contributed by atoms with van der Waals surface area (Å²) < 4.78 is 1.20. The Balaban J connectivity index is 1.69. The molecule has 3 heteroatoms. The third-order valence-electron chi connectivity index (χ3n) is 5.19. The highest BCUT2D eigenvalue weighted by Gasteiger charge is 2.32. The van der Waals surface area contributed by atoms with E-state index in [1.54, 1.807) is 0 Å². The summed E-state index contributed by atoms with van der Waals surface area (Å²) in [5, 5.41) is 7.61. The summed E-state index contributed by atoms with van der Waals surface area (Å²) in [4.78, 5) is 0.